The van der Waals surface area contributed by atoms with E-state index in [4.69, 9.17) is 16.1 Å². The zero-order chi connectivity index (χ0) is 30.9. The maximum atomic E-state index is 16.8. The molecule has 3 atom stereocenters. The summed E-state index contributed by atoms with van der Waals surface area (Å²) < 4.78 is 39.4. The fourth-order valence-corrected chi connectivity index (χ4v) is 7.81. The highest BCUT2D eigenvalue weighted by Gasteiger charge is 2.46. The highest BCUT2D eigenvalue weighted by molar-refractivity contribution is 6.04. The minimum absolute atomic E-state index is 0.00928. The maximum absolute atomic E-state index is 16.8. The normalized spacial score (nSPS) is 24.0. The van der Waals surface area contributed by atoms with Gasteiger partial charge in [0.25, 0.3) is 0 Å². The average Bonchev–Trinajstić information content (AvgIpc) is 3.56. The Bertz CT molecular complexity index is 1860. The Balaban J connectivity index is 1.24. The van der Waals surface area contributed by atoms with Crippen LogP contribution in [-0.4, -0.2) is 70.9 Å². The SMILES string of the molecule is C#Cc1cccc2cc(O)cc(-c3c(F)cc4c(N5CC6CCC(C5)N6)nc(OCC5(CN6CCC[C@@H]6C)CC5)nc4c3F)c12. The van der Waals surface area contributed by atoms with Crippen LogP contribution in [0, 0.1) is 29.4 Å². The first kappa shape index (κ1) is 28.5. The summed E-state index contributed by atoms with van der Waals surface area (Å²) in [5, 5.41) is 15.6. The number of phenols is 1. The van der Waals surface area contributed by atoms with Crippen LogP contribution in [0.3, 0.4) is 0 Å². The van der Waals surface area contributed by atoms with Crippen LogP contribution in [0.5, 0.6) is 11.8 Å². The Kier molecular flexibility index (Phi) is 6.84. The second-order valence-electron chi connectivity index (χ2n) is 13.6. The molecule has 232 valence electrons. The second kappa shape index (κ2) is 10.8. The van der Waals surface area contributed by atoms with E-state index in [2.05, 4.69) is 32.9 Å². The quantitative estimate of drug-likeness (QED) is 0.249. The van der Waals surface area contributed by atoms with Crippen molar-refractivity contribution in [1.29, 1.82) is 0 Å². The van der Waals surface area contributed by atoms with Crippen LogP contribution in [0.1, 0.15) is 51.0 Å². The van der Waals surface area contributed by atoms with E-state index in [1.54, 1.807) is 18.2 Å². The Morgan fingerprint density at radius 2 is 1.91 bits per heavy atom. The third-order valence-electron chi connectivity index (χ3n) is 10.4. The van der Waals surface area contributed by atoms with Gasteiger partial charge in [0.05, 0.1) is 12.2 Å². The van der Waals surface area contributed by atoms with Crippen LogP contribution in [0.15, 0.2) is 36.4 Å². The lowest BCUT2D eigenvalue weighted by Gasteiger charge is -2.34. The smallest absolute Gasteiger partial charge is 0.319 e. The maximum Gasteiger partial charge on any atom is 0.319 e. The summed E-state index contributed by atoms with van der Waals surface area (Å²) in [5.41, 5.74) is 0.403. The van der Waals surface area contributed by atoms with Gasteiger partial charge in [0, 0.05) is 65.1 Å². The summed E-state index contributed by atoms with van der Waals surface area (Å²) >= 11 is 0. The first-order valence-electron chi connectivity index (χ1n) is 16.1. The number of aromatic nitrogens is 2. The lowest BCUT2D eigenvalue weighted by molar-refractivity contribution is 0.151. The molecule has 0 spiro atoms. The summed E-state index contributed by atoms with van der Waals surface area (Å²) in [6, 6.07) is 10.7. The number of piperazine rings is 1. The van der Waals surface area contributed by atoms with E-state index in [0.29, 0.717) is 65.4 Å². The van der Waals surface area contributed by atoms with Gasteiger partial charge >= 0.3 is 6.01 Å². The Morgan fingerprint density at radius 1 is 1.11 bits per heavy atom. The minimum Gasteiger partial charge on any atom is -0.508 e. The van der Waals surface area contributed by atoms with Crippen LogP contribution < -0.4 is 15.0 Å². The van der Waals surface area contributed by atoms with Crippen LogP contribution >= 0.6 is 0 Å². The van der Waals surface area contributed by atoms with Crippen molar-refractivity contribution < 1.29 is 18.6 Å². The zero-order valence-electron chi connectivity index (χ0n) is 25.5. The van der Waals surface area contributed by atoms with Gasteiger partial charge in [-0.1, -0.05) is 18.1 Å². The molecule has 4 aromatic rings. The van der Waals surface area contributed by atoms with Gasteiger partial charge in [0.1, 0.15) is 22.9 Å². The first-order valence-corrected chi connectivity index (χ1v) is 16.1. The standard InChI is InChI=1S/C36H37F2N5O2/c1-3-22-7-4-8-23-14-26(44)15-27(30(22)23)31-29(37)16-28-33(32(31)38)40-35(41-34(28)43-17-24-9-10-25(18-43)39-24)45-20-36(11-12-36)19-42-13-5-6-21(42)2/h1,4,7-8,14-16,21,24-25,39,44H,5-6,9-13,17-20H2,2H3/t21-,24?,25?/m0/s1. The number of rotatable bonds is 7. The fourth-order valence-electron chi connectivity index (χ4n) is 7.81. The summed E-state index contributed by atoms with van der Waals surface area (Å²) in [6.45, 7) is 6.19. The van der Waals surface area contributed by atoms with Gasteiger partial charge in [-0.15, -0.1) is 6.42 Å². The lowest BCUT2D eigenvalue weighted by Crippen LogP contribution is -2.51. The Labute approximate surface area is 261 Å². The van der Waals surface area contributed by atoms with Gasteiger partial charge in [0.2, 0.25) is 0 Å². The number of aromatic hydroxyl groups is 1. The number of nitrogens with zero attached hydrogens (tertiary/aromatic N) is 4. The molecule has 45 heavy (non-hydrogen) atoms. The molecule has 1 aromatic heterocycles. The molecule has 9 heteroatoms. The van der Waals surface area contributed by atoms with E-state index in [9.17, 15) is 5.11 Å². The number of terminal acetylenes is 1. The fraction of sp³-hybridized carbons (Fsp3) is 0.444. The molecule has 3 aromatic carbocycles. The molecule has 4 aliphatic rings. The van der Waals surface area contributed by atoms with Crippen molar-refractivity contribution in [1.82, 2.24) is 20.2 Å². The molecule has 8 rings (SSSR count). The topological polar surface area (TPSA) is 73.8 Å². The summed E-state index contributed by atoms with van der Waals surface area (Å²) in [5.74, 6) is 1.40. The Morgan fingerprint density at radius 3 is 2.62 bits per heavy atom. The van der Waals surface area contributed by atoms with Crippen LogP contribution in [-0.2, 0) is 0 Å². The van der Waals surface area contributed by atoms with Gasteiger partial charge in [-0.2, -0.15) is 9.97 Å². The van der Waals surface area contributed by atoms with E-state index in [1.165, 1.54) is 31.0 Å². The number of halogens is 2. The van der Waals surface area contributed by atoms with Crippen molar-refractivity contribution in [2.45, 2.75) is 63.6 Å². The predicted octanol–water partition coefficient (Wildman–Crippen LogP) is 6.00. The number of anilines is 1. The van der Waals surface area contributed by atoms with Crippen LogP contribution in [0.2, 0.25) is 0 Å². The predicted molar refractivity (Wildman–Crippen MR) is 172 cm³/mol. The molecular formula is C36H37F2N5O2. The van der Waals surface area contributed by atoms with Gasteiger partial charge in [-0.3, -0.25) is 4.90 Å². The molecule has 1 saturated carbocycles. The number of hydrogen-bond donors (Lipinski definition) is 2. The van der Waals surface area contributed by atoms with E-state index in [1.807, 2.05) is 0 Å². The molecule has 2 unspecified atom stereocenters. The molecule has 7 nitrogen and oxygen atoms in total. The van der Waals surface area contributed by atoms with E-state index in [-0.39, 0.29) is 33.8 Å². The summed E-state index contributed by atoms with van der Waals surface area (Å²) in [6.07, 6.45) is 12.5. The molecule has 3 saturated heterocycles. The number of likely N-dealkylation sites (tertiary alicyclic amines) is 1. The van der Waals surface area contributed by atoms with E-state index in [0.717, 1.165) is 38.8 Å². The zero-order valence-corrected chi connectivity index (χ0v) is 25.5. The number of fused-ring (bicyclic) bond motifs is 4. The molecule has 1 aliphatic carbocycles. The third-order valence-corrected chi connectivity index (χ3v) is 10.4. The van der Waals surface area contributed by atoms with Gasteiger partial charge in [0.15, 0.2) is 5.82 Å². The second-order valence-corrected chi connectivity index (χ2v) is 13.6. The van der Waals surface area contributed by atoms with Crippen molar-refractivity contribution in [3.05, 3.63) is 53.6 Å². The molecular weight excluding hydrogens is 572 g/mol. The van der Waals surface area contributed by atoms with Crippen molar-refractivity contribution in [2.24, 2.45) is 5.41 Å². The van der Waals surface area contributed by atoms with Crippen molar-refractivity contribution >= 4 is 27.5 Å². The number of ether oxygens (including phenoxy) is 1. The summed E-state index contributed by atoms with van der Waals surface area (Å²) in [4.78, 5) is 14.1. The monoisotopic (exact) mass is 609 g/mol. The van der Waals surface area contributed by atoms with Gasteiger partial charge in [-0.05, 0) is 81.6 Å². The number of nitrogens with one attached hydrogen (secondary N) is 1. The molecule has 0 radical (unpaired) electrons. The molecule has 0 amide bonds. The van der Waals surface area contributed by atoms with Gasteiger partial charge < -0.3 is 20.1 Å². The Hall–Kier alpha value is -4.00. The first-order chi connectivity index (χ1) is 21.8. The lowest BCUT2D eigenvalue weighted by atomic mass is 9.93. The van der Waals surface area contributed by atoms with E-state index >= 15 is 8.78 Å². The van der Waals surface area contributed by atoms with E-state index < -0.39 is 11.6 Å². The third kappa shape index (κ3) is 5.04. The van der Waals surface area contributed by atoms with Crippen LogP contribution in [0.4, 0.5) is 14.6 Å². The summed E-state index contributed by atoms with van der Waals surface area (Å²) in [7, 11) is 0. The molecule has 2 bridgehead atoms. The highest BCUT2D eigenvalue weighted by Crippen LogP contribution is 2.48. The molecule has 4 fully saturated rings. The highest BCUT2D eigenvalue weighted by atomic mass is 19.1. The van der Waals surface area contributed by atoms with Crippen molar-refractivity contribution in [2.75, 3.05) is 37.7 Å². The largest absolute Gasteiger partial charge is 0.508 e. The van der Waals surface area contributed by atoms with Crippen LogP contribution in [0.25, 0.3) is 32.8 Å². The number of hydrogen-bond acceptors (Lipinski definition) is 7. The van der Waals surface area contributed by atoms with Crippen molar-refractivity contribution in [3.63, 3.8) is 0 Å². The number of phenolic OH excluding ortho intramolecular Hbond substituents is 1. The molecule has 2 N–H and O–H groups in total. The van der Waals surface area contributed by atoms with Crippen molar-refractivity contribution in [3.8, 4) is 35.2 Å². The average molecular weight is 610 g/mol. The minimum atomic E-state index is -0.831. The molecule has 4 heterocycles. The van der Waals surface area contributed by atoms with Gasteiger partial charge in [-0.25, -0.2) is 8.78 Å². The number of benzene rings is 3. The molecule has 3 aliphatic heterocycles.